The van der Waals surface area contributed by atoms with Gasteiger partial charge in [-0.3, -0.25) is 4.79 Å². The summed E-state index contributed by atoms with van der Waals surface area (Å²) in [6.45, 7) is 0.294. The Morgan fingerprint density at radius 1 is 1.26 bits per heavy atom. The van der Waals surface area contributed by atoms with Crippen LogP contribution in [0.1, 0.15) is 5.56 Å². The molecule has 0 aliphatic carbocycles. The van der Waals surface area contributed by atoms with Gasteiger partial charge in [-0.1, -0.05) is 35.9 Å². The molecule has 1 amide bonds. The first-order valence-electron chi connectivity index (χ1n) is 6.74. The first-order chi connectivity index (χ1) is 11.1. The SMILES string of the molecule is N#C/C(=C/NCc1cccc(F)c1)C(=O)Nc1ccccc1Cl. The van der Waals surface area contributed by atoms with Crippen LogP contribution < -0.4 is 10.6 Å². The van der Waals surface area contributed by atoms with Crippen molar-refractivity contribution in [3.63, 3.8) is 0 Å². The van der Waals surface area contributed by atoms with Crippen molar-refractivity contribution in [2.24, 2.45) is 0 Å². The van der Waals surface area contributed by atoms with E-state index in [0.717, 1.165) is 0 Å². The molecule has 0 fully saturated rings. The Hall–Kier alpha value is -2.84. The van der Waals surface area contributed by atoms with Gasteiger partial charge >= 0.3 is 0 Å². The average Bonchev–Trinajstić information content (AvgIpc) is 2.54. The second-order valence-corrected chi connectivity index (χ2v) is 5.02. The zero-order valence-corrected chi connectivity index (χ0v) is 12.8. The molecule has 116 valence electrons. The number of nitrogens with one attached hydrogen (secondary N) is 2. The van der Waals surface area contributed by atoms with Crippen LogP contribution in [0, 0.1) is 17.1 Å². The predicted molar refractivity (Wildman–Crippen MR) is 87.0 cm³/mol. The number of nitrogens with zero attached hydrogens (tertiary/aromatic N) is 1. The minimum absolute atomic E-state index is 0.110. The lowest BCUT2D eigenvalue weighted by Gasteiger charge is -2.06. The lowest BCUT2D eigenvalue weighted by atomic mass is 10.2. The Morgan fingerprint density at radius 2 is 2.04 bits per heavy atom. The Kier molecular flexibility index (Phi) is 5.73. The largest absolute Gasteiger partial charge is 0.386 e. The van der Waals surface area contributed by atoms with E-state index in [1.54, 1.807) is 36.4 Å². The number of nitriles is 1. The highest BCUT2D eigenvalue weighted by atomic mass is 35.5. The number of carbonyl (C=O) groups is 1. The summed E-state index contributed by atoms with van der Waals surface area (Å²) >= 11 is 5.95. The Labute approximate surface area is 138 Å². The van der Waals surface area contributed by atoms with Crippen LogP contribution in [0.15, 0.2) is 60.3 Å². The molecule has 2 aromatic rings. The second kappa shape index (κ2) is 7.97. The van der Waals surface area contributed by atoms with Gasteiger partial charge in [-0.2, -0.15) is 5.26 Å². The number of anilines is 1. The molecule has 0 saturated heterocycles. The van der Waals surface area contributed by atoms with Crippen LogP contribution in [0.4, 0.5) is 10.1 Å². The molecule has 0 atom stereocenters. The van der Waals surface area contributed by atoms with Gasteiger partial charge in [0.05, 0.1) is 10.7 Å². The molecule has 6 heteroatoms. The fraction of sp³-hybridized carbons (Fsp3) is 0.0588. The van der Waals surface area contributed by atoms with Crippen LogP contribution in [0.5, 0.6) is 0 Å². The van der Waals surface area contributed by atoms with Gasteiger partial charge in [-0.05, 0) is 29.8 Å². The van der Waals surface area contributed by atoms with Crippen molar-refractivity contribution in [2.45, 2.75) is 6.54 Å². The van der Waals surface area contributed by atoms with E-state index in [1.807, 2.05) is 6.07 Å². The minimum atomic E-state index is -0.577. The lowest BCUT2D eigenvalue weighted by Crippen LogP contribution is -2.16. The van der Waals surface area contributed by atoms with E-state index < -0.39 is 5.91 Å². The molecule has 4 nitrogen and oxygen atoms in total. The molecule has 0 aliphatic rings. The van der Waals surface area contributed by atoms with E-state index in [0.29, 0.717) is 22.8 Å². The van der Waals surface area contributed by atoms with Crippen molar-refractivity contribution in [3.8, 4) is 6.07 Å². The lowest BCUT2D eigenvalue weighted by molar-refractivity contribution is -0.112. The van der Waals surface area contributed by atoms with E-state index in [-0.39, 0.29) is 11.4 Å². The summed E-state index contributed by atoms with van der Waals surface area (Å²) in [7, 11) is 0. The molecular weight excluding hydrogens is 317 g/mol. The molecule has 0 aliphatic heterocycles. The predicted octanol–water partition coefficient (Wildman–Crippen LogP) is 3.61. The summed E-state index contributed by atoms with van der Waals surface area (Å²) < 4.78 is 13.1. The van der Waals surface area contributed by atoms with Crippen molar-refractivity contribution in [3.05, 3.63) is 76.7 Å². The maximum absolute atomic E-state index is 13.1. The molecule has 0 radical (unpaired) electrons. The van der Waals surface area contributed by atoms with E-state index >= 15 is 0 Å². The third-order valence-electron chi connectivity index (χ3n) is 2.93. The van der Waals surface area contributed by atoms with Crippen molar-refractivity contribution in [2.75, 3.05) is 5.32 Å². The van der Waals surface area contributed by atoms with Crippen molar-refractivity contribution < 1.29 is 9.18 Å². The normalized spacial score (nSPS) is 10.7. The summed E-state index contributed by atoms with van der Waals surface area (Å²) in [4.78, 5) is 12.0. The molecule has 0 spiro atoms. The number of rotatable bonds is 5. The van der Waals surface area contributed by atoms with Gasteiger partial charge in [0, 0.05) is 12.7 Å². The summed E-state index contributed by atoms with van der Waals surface area (Å²) in [6.07, 6.45) is 1.29. The van der Waals surface area contributed by atoms with E-state index in [4.69, 9.17) is 16.9 Å². The number of amides is 1. The Morgan fingerprint density at radius 3 is 2.74 bits per heavy atom. The third-order valence-corrected chi connectivity index (χ3v) is 3.26. The van der Waals surface area contributed by atoms with E-state index in [2.05, 4.69) is 10.6 Å². The number of hydrogen-bond donors (Lipinski definition) is 2. The van der Waals surface area contributed by atoms with Gasteiger partial charge < -0.3 is 10.6 Å². The Bertz CT molecular complexity index is 783. The summed E-state index contributed by atoms with van der Waals surface area (Å²) in [5.74, 6) is -0.919. The molecule has 2 aromatic carbocycles. The maximum atomic E-state index is 13.1. The number of benzene rings is 2. The second-order valence-electron chi connectivity index (χ2n) is 4.61. The molecule has 2 rings (SSSR count). The highest BCUT2D eigenvalue weighted by Gasteiger charge is 2.10. The monoisotopic (exact) mass is 329 g/mol. The quantitative estimate of drug-likeness (QED) is 0.650. The van der Waals surface area contributed by atoms with Gasteiger partial charge in [0.25, 0.3) is 5.91 Å². The summed E-state index contributed by atoms with van der Waals surface area (Å²) in [5.41, 5.74) is 1.01. The average molecular weight is 330 g/mol. The van der Waals surface area contributed by atoms with Gasteiger partial charge in [0.15, 0.2) is 0 Å². The van der Waals surface area contributed by atoms with Crippen LogP contribution >= 0.6 is 11.6 Å². The highest BCUT2D eigenvalue weighted by Crippen LogP contribution is 2.20. The molecule has 23 heavy (non-hydrogen) atoms. The highest BCUT2D eigenvalue weighted by molar-refractivity contribution is 6.33. The van der Waals surface area contributed by atoms with Crippen LogP contribution in [0.2, 0.25) is 5.02 Å². The molecule has 0 bridgehead atoms. The summed E-state index contributed by atoms with van der Waals surface area (Å²) in [6, 6.07) is 14.6. The molecular formula is C17H13ClFN3O. The Balaban J connectivity index is 2.00. The van der Waals surface area contributed by atoms with Gasteiger partial charge in [-0.15, -0.1) is 0 Å². The van der Waals surface area contributed by atoms with Crippen LogP contribution in [-0.2, 0) is 11.3 Å². The number of halogens is 2. The summed E-state index contributed by atoms with van der Waals surface area (Å²) in [5, 5.41) is 14.8. The molecule has 2 N–H and O–H groups in total. The van der Waals surface area contributed by atoms with Gasteiger partial charge in [0.2, 0.25) is 0 Å². The zero-order chi connectivity index (χ0) is 16.7. The van der Waals surface area contributed by atoms with Gasteiger partial charge in [0.1, 0.15) is 17.5 Å². The zero-order valence-electron chi connectivity index (χ0n) is 12.0. The topological polar surface area (TPSA) is 64.9 Å². The third kappa shape index (κ3) is 4.83. The molecule has 0 heterocycles. The number of hydrogen-bond acceptors (Lipinski definition) is 3. The molecule has 0 aromatic heterocycles. The maximum Gasteiger partial charge on any atom is 0.267 e. The molecule has 0 saturated carbocycles. The van der Waals surface area contributed by atoms with Crippen LogP contribution in [-0.4, -0.2) is 5.91 Å². The van der Waals surface area contributed by atoms with E-state index in [9.17, 15) is 9.18 Å². The first kappa shape index (κ1) is 16.5. The van der Waals surface area contributed by atoms with E-state index in [1.165, 1.54) is 18.3 Å². The molecule has 0 unspecified atom stereocenters. The van der Waals surface area contributed by atoms with Crippen molar-refractivity contribution in [1.29, 1.82) is 5.26 Å². The van der Waals surface area contributed by atoms with Crippen LogP contribution in [0.25, 0.3) is 0 Å². The van der Waals surface area contributed by atoms with Crippen molar-refractivity contribution in [1.82, 2.24) is 5.32 Å². The fourth-order valence-corrected chi connectivity index (χ4v) is 2.00. The van der Waals surface area contributed by atoms with Crippen LogP contribution in [0.3, 0.4) is 0 Å². The van der Waals surface area contributed by atoms with Gasteiger partial charge in [-0.25, -0.2) is 4.39 Å². The number of para-hydroxylation sites is 1. The fourth-order valence-electron chi connectivity index (χ4n) is 1.82. The minimum Gasteiger partial charge on any atom is -0.386 e. The number of carbonyl (C=O) groups excluding carboxylic acids is 1. The first-order valence-corrected chi connectivity index (χ1v) is 7.12. The van der Waals surface area contributed by atoms with Crippen molar-refractivity contribution >= 4 is 23.2 Å². The standard InChI is InChI=1S/C17H13ClFN3O/c18-15-6-1-2-7-16(15)22-17(23)13(9-20)11-21-10-12-4-3-5-14(19)8-12/h1-8,11,21H,10H2,(H,22,23)/b13-11-. The smallest absolute Gasteiger partial charge is 0.267 e.